The largest absolute Gasteiger partial charge is 0.481 e. The molecule has 3 aromatic rings. The average molecular weight is 348 g/mol. The van der Waals surface area contributed by atoms with Gasteiger partial charge in [0.05, 0.1) is 19.0 Å². The number of methoxy groups -OCH3 is 1. The van der Waals surface area contributed by atoms with Gasteiger partial charge < -0.3 is 4.74 Å². The Balaban J connectivity index is 1.50. The zero-order chi connectivity index (χ0) is 17.9. The highest BCUT2D eigenvalue weighted by Gasteiger charge is 2.26. The van der Waals surface area contributed by atoms with Crippen molar-refractivity contribution in [2.45, 2.75) is 25.8 Å². The van der Waals surface area contributed by atoms with Gasteiger partial charge in [0, 0.05) is 31.0 Å². The van der Waals surface area contributed by atoms with Gasteiger partial charge in [0.25, 0.3) is 0 Å². The third-order valence-electron chi connectivity index (χ3n) is 5.18. The molecule has 4 rings (SSSR count). The van der Waals surface area contributed by atoms with Crippen LogP contribution < -0.4 is 4.74 Å². The van der Waals surface area contributed by atoms with E-state index in [1.54, 1.807) is 7.11 Å². The highest BCUT2D eigenvalue weighted by molar-refractivity contribution is 5.38. The molecule has 0 saturated carbocycles. The van der Waals surface area contributed by atoms with Crippen LogP contribution in [0.25, 0.3) is 5.69 Å². The van der Waals surface area contributed by atoms with Crippen LogP contribution in [-0.4, -0.2) is 39.9 Å². The fourth-order valence-corrected chi connectivity index (χ4v) is 3.82. The second-order valence-electron chi connectivity index (χ2n) is 6.88. The van der Waals surface area contributed by atoms with E-state index in [1.807, 2.05) is 53.6 Å². The Kier molecular flexibility index (Phi) is 4.71. The Hall–Kier alpha value is -2.66. The monoisotopic (exact) mass is 348 g/mol. The summed E-state index contributed by atoms with van der Waals surface area (Å²) >= 11 is 0. The third kappa shape index (κ3) is 3.22. The van der Waals surface area contributed by atoms with E-state index in [2.05, 4.69) is 28.0 Å². The van der Waals surface area contributed by atoms with Crippen LogP contribution in [0.5, 0.6) is 5.88 Å². The molecule has 134 valence electrons. The van der Waals surface area contributed by atoms with Crippen LogP contribution in [0.3, 0.4) is 0 Å². The summed E-state index contributed by atoms with van der Waals surface area (Å²) in [4.78, 5) is 6.79. The fraction of sp³-hybridized carbons (Fsp3) is 0.333. The number of nitrogens with zero attached hydrogens (tertiary/aromatic N) is 4. The van der Waals surface area contributed by atoms with Gasteiger partial charge in [0.1, 0.15) is 0 Å². The van der Waals surface area contributed by atoms with Gasteiger partial charge in [-0.25, -0.2) is 4.68 Å². The first-order valence-electron chi connectivity index (χ1n) is 9.05. The maximum Gasteiger partial charge on any atom is 0.220 e. The first kappa shape index (κ1) is 16.8. The molecule has 1 fully saturated rings. The molecule has 0 aliphatic carbocycles. The molecule has 5 heteroatoms. The Labute approximate surface area is 154 Å². The van der Waals surface area contributed by atoms with E-state index in [1.165, 1.54) is 17.5 Å². The molecule has 3 heterocycles. The Morgan fingerprint density at radius 2 is 2.00 bits per heavy atom. The van der Waals surface area contributed by atoms with Gasteiger partial charge in [-0.1, -0.05) is 18.2 Å². The molecule has 1 aliphatic heterocycles. The molecule has 5 nitrogen and oxygen atoms in total. The van der Waals surface area contributed by atoms with Crippen LogP contribution in [0.15, 0.2) is 55.0 Å². The predicted octanol–water partition coefficient (Wildman–Crippen LogP) is 3.57. The molecule has 0 amide bonds. The number of hydrogen-bond acceptors (Lipinski definition) is 4. The number of likely N-dealkylation sites (tertiary alicyclic amines) is 1. The van der Waals surface area contributed by atoms with Crippen molar-refractivity contribution in [3.05, 3.63) is 71.7 Å². The van der Waals surface area contributed by atoms with Gasteiger partial charge in [-0.3, -0.25) is 9.88 Å². The molecule has 0 radical (unpaired) electrons. The molecule has 0 spiro atoms. The predicted molar refractivity (Wildman–Crippen MR) is 102 cm³/mol. The summed E-state index contributed by atoms with van der Waals surface area (Å²) in [6.07, 6.45) is 6.99. The van der Waals surface area contributed by atoms with E-state index >= 15 is 0 Å². The van der Waals surface area contributed by atoms with Gasteiger partial charge in [-0.15, -0.1) is 0 Å². The minimum absolute atomic E-state index is 0.555. The summed E-state index contributed by atoms with van der Waals surface area (Å²) < 4.78 is 7.54. The van der Waals surface area contributed by atoms with Crippen molar-refractivity contribution < 1.29 is 4.74 Å². The number of para-hydroxylation sites is 1. The number of benzene rings is 1. The minimum Gasteiger partial charge on any atom is -0.481 e. The van der Waals surface area contributed by atoms with Crippen molar-refractivity contribution in [1.82, 2.24) is 19.7 Å². The summed E-state index contributed by atoms with van der Waals surface area (Å²) in [5.74, 6) is 1.37. The van der Waals surface area contributed by atoms with Gasteiger partial charge >= 0.3 is 0 Å². The fourth-order valence-electron chi connectivity index (χ4n) is 3.82. The van der Waals surface area contributed by atoms with E-state index in [-0.39, 0.29) is 0 Å². The van der Waals surface area contributed by atoms with Crippen LogP contribution in [0.1, 0.15) is 29.0 Å². The Morgan fingerprint density at radius 1 is 1.15 bits per heavy atom. The lowest BCUT2D eigenvalue weighted by molar-refractivity contribution is 0.313. The van der Waals surface area contributed by atoms with Crippen molar-refractivity contribution in [3.8, 4) is 11.6 Å². The molecule has 1 atom stereocenters. The summed E-state index contributed by atoms with van der Waals surface area (Å²) in [6.45, 7) is 5.16. The van der Waals surface area contributed by atoms with Gasteiger partial charge in [0.2, 0.25) is 5.88 Å². The zero-order valence-electron chi connectivity index (χ0n) is 15.3. The molecule has 0 bridgehead atoms. The van der Waals surface area contributed by atoms with E-state index in [0.717, 1.165) is 36.8 Å². The zero-order valence-corrected chi connectivity index (χ0v) is 15.3. The normalized spacial score (nSPS) is 17.5. The highest BCUT2D eigenvalue weighted by Crippen LogP contribution is 2.31. The topological polar surface area (TPSA) is 43.2 Å². The molecule has 1 unspecified atom stereocenters. The number of pyridine rings is 1. The standard InChI is InChI=1S/C21H24N4O/c1-16-8-10-22-13-20(16)17-9-11-24(14-17)15-18-12-23-25(21(18)26-2)19-6-4-3-5-7-19/h3-8,10,12-13,17H,9,11,14-15H2,1-2H3. The van der Waals surface area contributed by atoms with Crippen LogP contribution in [0.2, 0.25) is 0 Å². The summed E-state index contributed by atoms with van der Waals surface area (Å²) in [5, 5.41) is 4.55. The molecule has 1 aliphatic rings. The van der Waals surface area contributed by atoms with Crippen LogP contribution in [0, 0.1) is 6.92 Å². The molecule has 2 aromatic heterocycles. The maximum atomic E-state index is 5.68. The Bertz CT molecular complexity index is 875. The Morgan fingerprint density at radius 3 is 2.77 bits per heavy atom. The van der Waals surface area contributed by atoms with E-state index in [9.17, 15) is 0 Å². The minimum atomic E-state index is 0.555. The highest BCUT2D eigenvalue weighted by atomic mass is 16.5. The lowest BCUT2D eigenvalue weighted by Gasteiger charge is -2.17. The smallest absolute Gasteiger partial charge is 0.220 e. The molecule has 1 saturated heterocycles. The third-order valence-corrected chi connectivity index (χ3v) is 5.18. The van der Waals surface area contributed by atoms with Crippen molar-refractivity contribution >= 4 is 0 Å². The van der Waals surface area contributed by atoms with Crippen LogP contribution in [0.4, 0.5) is 0 Å². The SMILES string of the molecule is COc1c(CN2CCC(c3cnccc3C)C2)cnn1-c1ccccc1. The number of aromatic nitrogens is 3. The first-order chi connectivity index (χ1) is 12.8. The summed E-state index contributed by atoms with van der Waals surface area (Å²) in [7, 11) is 1.71. The van der Waals surface area contributed by atoms with Crippen molar-refractivity contribution in [1.29, 1.82) is 0 Å². The van der Waals surface area contributed by atoms with Gasteiger partial charge in [-0.05, 0) is 55.1 Å². The van der Waals surface area contributed by atoms with Gasteiger partial charge in [-0.2, -0.15) is 5.10 Å². The quantitative estimate of drug-likeness (QED) is 0.707. The van der Waals surface area contributed by atoms with Crippen molar-refractivity contribution in [3.63, 3.8) is 0 Å². The molecular formula is C21H24N4O. The molecule has 26 heavy (non-hydrogen) atoms. The number of rotatable bonds is 5. The lowest BCUT2D eigenvalue weighted by Crippen LogP contribution is -2.20. The molecule has 0 N–H and O–H groups in total. The van der Waals surface area contributed by atoms with Crippen molar-refractivity contribution in [2.75, 3.05) is 20.2 Å². The lowest BCUT2D eigenvalue weighted by atomic mass is 9.96. The second kappa shape index (κ2) is 7.30. The van der Waals surface area contributed by atoms with Gasteiger partial charge in [0.15, 0.2) is 0 Å². The number of hydrogen-bond donors (Lipinski definition) is 0. The second-order valence-corrected chi connectivity index (χ2v) is 6.88. The number of ether oxygens (including phenoxy) is 1. The van der Waals surface area contributed by atoms with Crippen LogP contribution >= 0.6 is 0 Å². The summed E-state index contributed by atoms with van der Waals surface area (Å²) in [6, 6.07) is 12.2. The maximum absolute atomic E-state index is 5.68. The molecule has 1 aromatic carbocycles. The van der Waals surface area contributed by atoms with Crippen molar-refractivity contribution in [2.24, 2.45) is 0 Å². The van der Waals surface area contributed by atoms with Crippen LogP contribution in [-0.2, 0) is 6.54 Å². The number of aryl methyl sites for hydroxylation is 1. The summed E-state index contributed by atoms with van der Waals surface area (Å²) in [5.41, 5.74) is 4.85. The van der Waals surface area contributed by atoms with E-state index < -0.39 is 0 Å². The average Bonchev–Trinajstić information content (AvgIpc) is 3.30. The molecular weight excluding hydrogens is 324 g/mol. The van der Waals surface area contributed by atoms with E-state index in [0.29, 0.717) is 5.92 Å². The van der Waals surface area contributed by atoms with E-state index in [4.69, 9.17) is 4.74 Å². The first-order valence-corrected chi connectivity index (χ1v) is 9.05.